The number of halogens is 2. The molecule has 4 aromatic heterocycles. The smallest absolute Gasteiger partial charge is 0.158 e. The Morgan fingerprint density at radius 3 is 1.33 bits per heavy atom. The molecule has 0 radical (unpaired) electrons. The lowest BCUT2D eigenvalue weighted by atomic mass is 9.97. The molecule has 0 atom stereocenters. The molecule has 6 nitrogen and oxygen atoms in total. The van der Waals surface area contributed by atoms with Crippen molar-refractivity contribution in [1.82, 2.24) is 19.9 Å². The Hall–Kier alpha value is -5.15. The Labute approximate surface area is 247 Å². The third-order valence-electron chi connectivity index (χ3n) is 7.07. The summed E-state index contributed by atoms with van der Waals surface area (Å²) >= 11 is 0. The fraction of sp³-hybridized carbons (Fsp3) is 0.0588. The lowest BCUT2D eigenvalue weighted by molar-refractivity contribution is 0.581. The van der Waals surface area contributed by atoms with Crippen molar-refractivity contribution < 1.29 is 17.2 Å². The Bertz CT molecular complexity index is 1880. The fourth-order valence-corrected chi connectivity index (χ4v) is 6.50. The van der Waals surface area contributed by atoms with Gasteiger partial charge in [0.15, 0.2) is 9.84 Å². The highest BCUT2D eigenvalue weighted by Gasteiger charge is 2.20. The minimum absolute atomic E-state index is 0.00377. The predicted octanol–water partition coefficient (Wildman–Crippen LogP) is 7.33. The van der Waals surface area contributed by atoms with E-state index < -0.39 is 33.0 Å². The van der Waals surface area contributed by atoms with E-state index in [1.54, 1.807) is 61.7 Å². The van der Waals surface area contributed by atoms with Gasteiger partial charge < -0.3 is 0 Å². The van der Waals surface area contributed by atoms with Crippen LogP contribution in [0.2, 0.25) is 0 Å². The molecule has 0 aliphatic heterocycles. The highest BCUT2D eigenvalue weighted by molar-refractivity contribution is 7.89. The molecular formula is C34H24F2N4O2S. The zero-order valence-electron chi connectivity index (χ0n) is 22.7. The number of hydrogen-bond acceptors (Lipinski definition) is 6. The normalized spacial score (nSPS) is 11.4. The van der Waals surface area contributed by atoms with Crippen molar-refractivity contribution >= 4 is 9.84 Å². The van der Waals surface area contributed by atoms with E-state index in [1.807, 2.05) is 36.4 Å². The van der Waals surface area contributed by atoms with Crippen molar-refractivity contribution in [3.05, 3.63) is 145 Å². The highest BCUT2D eigenvalue weighted by atomic mass is 32.2. The van der Waals surface area contributed by atoms with Crippen LogP contribution in [-0.2, 0) is 21.3 Å². The highest BCUT2D eigenvalue weighted by Crippen LogP contribution is 2.34. The van der Waals surface area contributed by atoms with E-state index in [9.17, 15) is 8.42 Å². The van der Waals surface area contributed by atoms with E-state index in [2.05, 4.69) is 19.9 Å². The van der Waals surface area contributed by atoms with E-state index in [0.29, 0.717) is 22.3 Å². The van der Waals surface area contributed by atoms with Crippen molar-refractivity contribution in [1.29, 1.82) is 0 Å². The van der Waals surface area contributed by atoms with Gasteiger partial charge in [0.05, 0.1) is 11.5 Å². The molecule has 0 saturated heterocycles. The second-order valence-corrected chi connectivity index (χ2v) is 12.0. The molecule has 0 bridgehead atoms. The molecule has 0 aliphatic carbocycles. The first kappa shape index (κ1) is 28.0. The van der Waals surface area contributed by atoms with Crippen LogP contribution in [0.5, 0.6) is 0 Å². The summed E-state index contributed by atoms with van der Waals surface area (Å²) in [6.45, 7) is 0. The summed E-state index contributed by atoms with van der Waals surface area (Å²) in [5.74, 6) is -2.48. The van der Waals surface area contributed by atoms with Crippen molar-refractivity contribution in [2.75, 3.05) is 0 Å². The quantitative estimate of drug-likeness (QED) is 0.185. The summed E-state index contributed by atoms with van der Waals surface area (Å²) in [4.78, 5) is 16.7. The van der Waals surface area contributed by atoms with Crippen molar-refractivity contribution in [2.24, 2.45) is 0 Å². The standard InChI is InChI=1S/C34H24F2N4O2S/c35-33-15-23(31-19-39-13-9-29(31)25-3-1-11-37-17-25)5-7-27(33)21-43(41,42)22-28-8-6-24(16-34(28)36)32-20-40-14-10-30(32)26-4-2-12-38-18-26/h1-20H,21-22H2. The van der Waals surface area contributed by atoms with E-state index in [-0.39, 0.29) is 11.1 Å². The van der Waals surface area contributed by atoms with Gasteiger partial charge in [0, 0.05) is 83.0 Å². The Balaban J connectivity index is 1.22. The molecule has 0 aliphatic rings. The first-order valence-electron chi connectivity index (χ1n) is 13.3. The monoisotopic (exact) mass is 590 g/mol. The van der Waals surface area contributed by atoms with E-state index in [1.165, 1.54) is 24.3 Å². The van der Waals surface area contributed by atoms with Crippen molar-refractivity contribution in [2.45, 2.75) is 11.5 Å². The molecule has 0 amide bonds. The minimum atomic E-state index is -3.91. The average molecular weight is 591 g/mol. The van der Waals surface area contributed by atoms with Crippen LogP contribution < -0.4 is 0 Å². The van der Waals surface area contributed by atoms with Crippen molar-refractivity contribution in [3.63, 3.8) is 0 Å². The molecule has 0 N–H and O–H groups in total. The molecule has 0 saturated carbocycles. The Morgan fingerprint density at radius 2 is 0.930 bits per heavy atom. The number of benzene rings is 2. The van der Waals surface area contributed by atoms with Crippen LogP contribution in [0.15, 0.2) is 122 Å². The SMILES string of the molecule is O=S(=O)(Cc1ccc(-c2cnccc2-c2cccnc2)cc1F)Cc1ccc(-c2cnccc2-c2cccnc2)cc1F. The first-order valence-corrected chi connectivity index (χ1v) is 15.2. The van der Waals surface area contributed by atoms with Crippen LogP contribution in [0, 0.1) is 11.6 Å². The third-order valence-corrected chi connectivity index (χ3v) is 8.57. The third kappa shape index (κ3) is 6.22. The van der Waals surface area contributed by atoms with Gasteiger partial charge in [-0.1, -0.05) is 36.4 Å². The summed E-state index contributed by atoms with van der Waals surface area (Å²) in [5, 5.41) is 0. The van der Waals surface area contributed by atoms with Gasteiger partial charge >= 0.3 is 0 Å². The van der Waals surface area contributed by atoms with Crippen LogP contribution in [0.3, 0.4) is 0 Å². The summed E-state index contributed by atoms with van der Waals surface area (Å²) in [6, 6.07) is 19.8. The van der Waals surface area contributed by atoms with Gasteiger partial charge in [0.2, 0.25) is 0 Å². The second-order valence-electron chi connectivity index (χ2n) is 9.97. The lowest BCUT2D eigenvalue weighted by Gasteiger charge is -2.12. The lowest BCUT2D eigenvalue weighted by Crippen LogP contribution is -2.10. The number of sulfone groups is 1. The van der Waals surface area contributed by atoms with Gasteiger partial charge in [-0.15, -0.1) is 0 Å². The summed E-state index contributed by atoms with van der Waals surface area (Å²) in [5.41, 5.74) is 5.81. The Morgan fingerprint density at radius 1 is 0.488 bits per heavy atom. The molecular weight excluding hydrogens is 566 g/mol. The van der Waals surface area contributed by atoms with Gasteiger partial charge in [-0.25, -0.2) is 17.2 Å². The largest absolute Gasteiger partial charge is 0.264 e. The molecule has 2 aromatic carbocycles. The molecule has 9 heteroatoms. The Kier molecular flexibility index (Phi) is 7.81. The molecule has 6 rings (SSSR count). The number of pyridine rings is 4. The van der Waals surface area contributed by atoms with Crippen LogP contribution in [0.4, 0.5) is 8.78 Å². The number of nitrogens with zero attached hydrogens (tertiary/aromatic N) is 4. The molecule has 6 aromatic rings. The molecule has 212 valence electrons. The maximum absolute atomic E-state index is 15.3. The molecule has 0 spiro atoms. The van der Waals surface area contributed by atoms with E-state index in [0.717, 1.165) is 22.3 Å². The van der Waals surface area contributed by atoms with Crippen LogP contribution in [0.25, 0.3) is 44.5 Å². The number of hydrogen-bond donors (Lipinski definition) is 0. The number of aromatic nitrogens is 4. The van der Waals surface area contributed by atoms with Crippen LogP contribution in [-0.4, -0.2) is 28.4 Å². The predicted molar refractivity (Wildman–Crippen MR) is 162 cm³/mol. The van der Waals surface area contributed by atoms with Gasteiger partial charge in [0.1, 0.15) is 11.6 Å². The van der Waals surface area contributed by atoms with E-state index in [4.69, 9.17) is 0 Å². The zero-order valence-corrected chi connectivity index (χ0v) is 23.5. The van der Waals surface area contributed by atoms with E-state index >= 15 is 8.78 Å². The van der Waals surface area contributed by atoms with Gasteiger partial charge in [0.25, 0.3) is 0 Å². The molecule has 43 heavy (non-hydrogen) atoms. The first-order chi connectivity index (χ1) is 20.9. The van der Waals surface area contributed by atoms with Crippen LogP contribution in [0.1, 0.15) is 11.1 Å². The van der Waals surface area contributed by atoms with Gasteiger partial charge in [-0.05, 0) is 58.7 Å². The minimum Gasteiger partial charge on any atom is -0.264 e. The topological polar surface area (TPSA) is 85.7 Å². The summed E-state index contributed by atoms with van der Waals surface area (Å²) in [7, 11) is -3.91. The molecule has 0 fully saturated rings. The van der Waals surface area contributed by atoms with Gasteiger partial charge in [-0.3, -0.25) is 19.9 Å². The number of rotatable bonds is 8. The summed E-state index contributed by atoms with van der Waals surface area (Å²) in [6.07, 6.45) is 13.3. The van der Waals surface area contributed by atoms with Crippen LogP contribution >= 0.6 is 0 Å². The summed E-state index contributed by atoms with van der Waals surface area (Å²) < 4.78 is 56.7. The zero-order chi connectivity index (χ0) is 29.8. The van der Waals surface area contributed by atoms with Crippen molar-refractivity contribution in [3.8, 4) is 44.5 Å². The molecule has 4 heterocycles. The maximum Gasteiger partial charge on any atom is 0.158 e. The fourth-order valence-electron chi connectivity index (χ4n) is 4.99. The average Bonchev–Trinajstić information content (AvgIpc) is 3.04. The second kappa shape index (κ2) is 12.0. The van der Waals surface area contributed by atoms with Gasteiger partial charge in [-0.2, -0.15) is 0 Å². The molecule has 0 unspecified atom stereocenters. The maximum atomic E-state index is 15.3.